The Kier molecular flexibility index (Phi) is 2.94. The number of carbonyl (C=O) groups excluding carboxylic acids is 2. The first kappa shape index (κ1) is 13.1. The molecule has 1 spiro atoms. The van der Waals surface area contributed by atoms with Gasteiger partial charge in [-0.15, -0.1) is 0 Å². The van der Waals surface area contributed by atoms with Gasteiger partial charge in [0.1, 0.15) is 5.78 Å². The van der Waals surface area contributed by atoms with Crippen molar-refractivity contribution in [1.82, 2.24) is 0 Å². The molecule has 0 unspecified atom stereocenters. The first-order valence-corrected chi connectivity index (χ1v) is 6.99. The largest absolute Gasteiger partial charge is 0.465 e. The first-order valence-electron chi connectivity index (χ1n) is 6.99. The molecule has 5 heteroatoms. The van der Waals surface area contributed by atoms with Gasteiger partial charge in [0.2, 0.25) is 0 Å². The Morgan fingerprint density at radius 2 is 2.21 bits per heavy atom. The molecular formula is C14H20O5. The summed E-state index contributed by atoms with van der Waals surface area (Å²) in [5.41, 5.74) is -0.213. The van der Waals surface area contributed by atoms with Gasteiger partial charge in [-0.1, -0.05) is 12.8 Å². The zero-order valence-electron chi connectivity index (χ0n) is 11.2. The van der Waals surface area contributed by atoms with Gasteiger partial charge in [0.15, 0.2) is 0 Å². The van der Waals surface area contributed by atoms with Crippen molar-refractivity contribution in [3.05, 3.63) is 0 Å². The summed E-state index contributed by atoms with van der Waals surface area (Å²) in [7, 11) is 1.23. The van der Waals surface area contributed by atoms with Crippen LogP contribution in [-0.4, -0.2) is 36.4 Å². The maximum Gasteiger partial charge on any atom is 0.366 e. The Balaban J connectivity index is 1.99. The molecule has 0 aromatic heterocycles. The van der Waals surface area contributed by atoms with Crippen molar-refractivity contribution < 1.29 is 24.2 Å². The molecule has 2 saturated carbocycles. The zero-order chi connectivity index (χ0) is 13.7. The fourth-order valence-electron chi connectivity index (χ4n) is 4.40. The number of hydrogen-bond donors (Lipinski definition) is 1. The van der Waals surface area contributed by atoms with Crippen molar-refractivity contribution in [3.63, 3.8) is 0 Å². The molecule has 0 radical (unpaired) electrons. The molecule has 0 amide bonds. The summed E-state index contributed by atoms with van der Waals surface area (Å²) in [5.74, 6) is -2.78. The number of carbonyl (C=O) groups is 2. The standard InChI is InChI=1S/C14H20O5/c1-18-12(16)14(17)11-7-10(15)6-9-4-2-3-5-13(9,11)8-19-14/h9,11,17H,2-8H2,1H3/t9-,11+,13-,14+/m1/s1. The van der Waals surface area contributed by atoms with E-state index in [4.69, 9.17) is 4.74 Å². The van der Waals surface area contributed by atoms with E-state index in [-0.39, 0.29) is 23.5 Å². The maximum absolute atomic E-state index is 11.9. The van der Waals surface area contributed by atoms with Crippen LogP contribution in [0.25, 0.3) is 0 Å². The van der Waals surface area contributed by atoms with E-state index >= 15 is 0 Å². The van der Waals surface area contributed by atoms with Crippen LogP contribution in [0.4, 0.5) is 0 Å². The Hall–Kier alpha value is -0.940. The Morgan fingerprint density at radius 1 is 1.42 bits per heavy atom. The van der Waals surface area contributed by atoms with E-state index in [9.17, 15) is 14.7 Å². The van der Waals surface area contributed by atoms with Crippen LogP contribution in [0.15, 0.2) is 0 Å². The van der Waals surface area contributed by atoms with Crippen molar-refractivity contribution in [2.45, 2.75) is 44.3 Å². The number of methoxy groups -OCH3 is 1. The molecule has 3 fully saturated rings. The minimum atomic E-state index is -1.93. The van der Waals surface area contributed by atoms with Gasteiger partial charge in [0.25, 0.3) is 5.79 Å². The third-order valence-electron chi connectivity index (χ3n) is 5.37. The van der Waals surface area contributed by atoms with E-state index in [1.54, 1.807) is 0 Å². The number of esters is 1. The molecular weight excluding hydrogens is 248 g/mol. The highest BCUT2D eigenvalue weighted by atomic mass is 16.7. The average molecular weight is 268 g/mol. The highest BCUT2D eigenvalue weighted by Gasteiger charge is 2.66. The molecule has 2 aliphatic carbocycles. The summed E-state index contributed by atoms with van der Waals surface area (Å²) in [6.45, 7) is 0.362. The van der Waals surface area contributed by atoms with E-state index in [2.05, 4.69) is 4.74 Å². The fraction of sp³-hybridized carbons (Fsp3) is 0.857. The maximum atomic E-state index is 11.9. The van der Waals surface area contributed by atoms with E-state index < -0.39 is 17.7 Å². The van der Waals surface area contributed by atoms with Crippen LogP contribution in [0.2, 0.25) is 0 Å². The first-order chi connectivity index (χ1) is 9.03. The van der Waals surface area contributed by atoms with Crippen molar-refractivity contribution in [3.8, 4) is 0 Å². The summed E-state index contributed by atoms with van der Waals surface area (Å²) in [6, 6.07) is 0. The van der Waals surface area contributed by atoms with Gasteiger partial charge in [-0.2, -0.15) is 0 Å². The average Bonchev–Trinajstić information content (AvgIpc) is 2.70. The zero-order valence-corrected chi connectivity index (χ0v) is 11.2. The highest BCUT2D eigenvalue weighted by Crippen LogP contribution is 2.60. The molecule has 1 heterocycles. The normalized spacial score (nSPS) is 45.5. The highest BCUT2D eigenvalue weighted by molar-refractivity contribution is 5.84. The van der Waals surface area contributed by atoms with Crippen molar-refractivity contribution >= 4 is 11.8 Å². The van der Waals surface area contributed by atoms with Gasteiger partial charge in [-0.25, -0.2) is 4.79 Å². The molecule has 1 aliphatic heterocycles. The van der Waals surface area contributed by atoms with Crippen molar-refractivity contribution in [2.24, 2.45) is 17.3 Å². The minimum Gasteiger partial charge on any atom is -0.465 e. The van der Waals surface area contributed by atoms with Gasteiger partial charge >= 0.3 is 5.97 Å². The smallest absolute Gasteiger partial charge is 0.366 e. The van der Waals surface area contributed by atoms with E-state index in [0.29, 0.717) is 13.0 Å². The van der Waals surface area contributed by atoms with Gasteiger partial charge < -0.3 is 14.6 Å². The summed E-state index contributed by atoms with van der Waals surface area (Å²) in [6.07, 6.45) is 4.89. The molecule has 1 N–H and O–H groups in total. The van der Waals surface area contributed by atoms with Crippen LogP contribution in [-0.2, 0) is 19.1 Å². The summed E-state index contributed by atoms with van der Waals surface area (Å²) >= 11 is 0. The van der Waals surface area contributed by atoms with Crippen LogP contribution in [0.1, 0.15) is 38.5 Å². The molecule has 19 heavy (non-hydrogen) atoms. The van der Waals surface area contributed by atoms with Crippen LogP contribution in [0.5, 0.6) is 0 Å². The topological polar surface area (TPSA) is 72.8 Å². The molecule has 1 saturated heterocycles. The lowest BCUT2D eigenvalue weighted by molar-refractivity contribution is -0.224. The predicted octanol–water partition coefficient (Wildman–Crippen LogP) is 1.03. The predicted molar refractivity (Wildman–Crippen MR) is 65.0 cm³/mol. The molecule has 5 nitrogen and oxygen atoms in total. The number of ether oxygens (including phenoxy) is 2. The number of hydrogen-bond acceptors (Lipinski definition) is 5. The molecule has 0 bridgehead atoms. The number of ketones is 1. The van der Waals surface area contributed by atoms with Crippen LogP contribution < -0.4 is 0 Å². The van der Waals surface area contributed by atoms with Crippen LogP contribution in [0, 0.1) is 17.3 Å². The van der Waals surface area contributed by atoms with E-state index in [1.165, 1.54) is 7.11 Å². The Bertz CT molecular complexity index is 420. The van der Waals surface area contributed by atoms with Crippen molar-refractivity contribution in [1.29, 1.82) is 0 Å². The number of aliphatic hydroxyl groups is 1. The molecule has 0 aromatic rings. The monoisotopic (exact) mass is 268 g/mol. The molecule has 0 aromatic carbocycles. The summed E-state index contributed by atoms with van der Waals surface area (Å²) in [5, 5.41) is 10.6. The second kappa shape index (κ2) is 4.28. The summed E-state index contributed by atoms with van der Waals surface area (Å²) in [4.78, 5) is 23.8. The number of Topliss-reactive ketones (excluding diaryl/α,β-unsaturated/α-hetero) is 1. The van der Waals surface area contributed by atoms with Gasteiger partial charge in [0.05, 0.1) is 13.7 Å². The Labute approximate surface area is 112 Å². The molecule has 4 atom stereocenters. The SMILES string of the molecule is COC(=O)[C@@]1(O)OC[C@]23CCCC[C@@H]2CC(=O)C[C@@H]31. The summed E-state index contributed by atoms with van der Waals surface area (Å²) < 4.78 is 10.2. The molecule has 3 aliphatic rings. The van der Waals surface area contributed by atoms with Gasteiger partial charge in [-0.05, 0) is 18.8 Å². The van der Waals surface area contributed by atoms with Gasteiger partial charge in [-0.3, -0.25) is 4.79 Å². The van der Waals surface area contributed by atoms with Crippen molar-refractivity contribution in [2.75, 3.05) is 13.7 Å². The van der Waals surface area contributed by atoms with Crippen LogP contribution in [0.3, 0.4) is 0 Å². The molecule has 3 rings (SSSR count). The second-order valence-electron chi connectivity index (χ2n) is 6.15. The van der Waals surface area contributed by atoms with E-state index in [1.807, 2.05) is 0 Å². The quantitative estimate of drug-likeness (QED) is 0.719. The van der Waals surface area contributed by atoms with Gasteiger partial charge in [0, 0.05) is 24.2 Å². The van der Waals surface area contributed by atoms with E-state index in [0.717, 1.165) is 25.7 Å². The lowest BCUT2D eigenvalue weighted by Crippen LogP contribution is -2.54. The Morgan fingerprint density at radius 3 is 2.95 bits per heavy atom. The lowest BCUT2D eigenvalue weighted by atomic mass is 9.54. The molecule has 106 valence electrons. The second-order valence-corrected chi connectivity index (χ2v) is 6.15. The third-order valence-corrected chi connectivity index (χ3v) is 5.37. The number of rotatable bonds is 1. The fourth-order valence-corrected chi connectivity index (χ4v) is 4.40. The van der Waals surface area contributed by atoms with Crippen LogP contribution >= 0.6 is 0 Å². The lowest BCUT2D eigenvalue weighted by Gasteiger charge is -2.48. The third kappa shape index (κ3) is 1.68. The minimum absolute atomic E-state index is 0.125.